The standard InChI is InChI=1S/C17H22N2O/c18-14(12-15-5-3-4-10-20-15)11-13-8-9-19-17-7-2-1-6-16(13)17/h1-2,6-9,14-15H,3-5,10-12,18H2. The molecule has 106 valence electrons. The van der Waals surface area contributed by atoms with Crippen LogP contribution >= 0.6 is 0 Å². The van der Waals surface area contributed by atoms with Crippen molar-refractivity contribution in [1.29, 1.82) is 0 Å². The molecule has 0 radical (unpaired) electrons. The molecular weight excluding hydrogens is 248 g/mol. The minimum absolute atomic E-state index is 0.156. The predicted molar refractivity (Wildman–Crippen MR) is 81.6 cm³/mol. The molecule has 1 aromatic heterocycles. The van der Waals surface area contributed by atoms with Crippen LogP contribution < -0.4 is 5.73 Å². The lowest BCUT2D eigenvalue weighted by molar-refractivity contribution is 0.00748. The van der Waals surface area contributed by atoms with Gasteiger partial charge in [-0.2, -0.15) is 0 Å². The number of nitrogens with two attached hydrogens (primary N) is 1. The Morgan fingerprint density at radius 3 is 3.00 bits per heavy atom. The lowest BCUT2D eigenvalue weighted by Gasteiger charge is -2.25. The van der Waals surface area contributed by atoms with E-state index in [2.05, 4.69) is 29.2 Å². The van der Waals surface area contributed by atoms with Crippen molar-refractivity contribution in [3.05, 3.63) is 42.1 Å². The van der Waals surface area contributed by atoms with Crippen molar-refractivity contribution < 1.29 is 4.74 Å². The highest BCUT2D eigenvalue weighted by atomic mass is 16.5. The van der Waals surface area contributed by atoms with Crippen LogP contribution in [0, 0.1) is 0 Å². The molecule has 1 aliphatic rings. The number of para-hydroxylation sites is 1. The number of pyridine rings is 1. The van der Waals surface area contributed by atoms with Gasteiger partial charge >= 0.3 is 0 Å². The van der Waals surface area contributed by atoms with Crippen molar-refractivity contribution in [2.24, 2.45) is 5.73 Å². The maximum Gasteiger partial charge on any atom is 0.0704 e. The number of hydrogen-bond acceptors (Lipinski definition) is 3. The molecule has 0 amide bonds. The monoisotopic (exact) mass is 270 g/mol. The van der Waals surface area contributed by atoms with Crippen molar-refractivity contribution in [3.63, 3.8) is 0 Å². The first-order chi connectivity index (χ1) is 9.83. The van der Waals surface area contributed by atoms with Gasteiger partial charge in [-0.25, -0.2) is 0 Å². The van der Waals surface area contributed by atoms with Crippen molar-refractivity contribution in [2.75, 3.05) is 6.61 Å². The van der Waals surface area contributed by atoms with Crippen LogP contribution in [0.1, 0.15) is 31.2 Å². The van der Waals surface area contributed by atoms with Crippen molar-refractivity contribution in [3.8, 4) is 0 Å². The summed E-state index contributed by atoms with van der Waals surface area (Å²) in [5.41, 5.74) is 8.67. The Labute approximate surface area is 120 Å². The molecule has 2 aromatic rings. The summed E-state index contributed by atoms with van der Waals surface area (Å²) < 4.78 is 5.78. The number of nitrogens with zero attached hydrogens (tertiary/aromatic N) is 1. The zero-order valence-corrected chi connectivity index (χ0v) is 11.8. The van der Waals surface area contributed by atoms with Crippen LogP contribution in [0.4, 0.5) is 0 Å². The van der Waals surface area contributed by atoms with E-state index in [0.29, 0.717) is 6.10 Å². The second-order valence-corrected chi connectivity index (χ2v) is 5.68. The lowest BCUT2D eigenvalue weighted by Crippen LogP contribution is -2.31. The fourth-order valence-electron chi connectivity index (χ4n) is 3.03. The second kappa shape index (κ2) is 6.33. The van der Waals surface area contributed by atoms with Crippen molar-refractivity contribution in [2.45, 2.75) is 44.2 Å². The SMILES string of the molecule is NC(Cc1ccnc2ccccc12)CC1CCCCO1. The highest BCUT2D eigenvalue weighted by molar-refractivity contribution is 5.81. The van der Waals surface area contributed by atoms with Gasteiger partial charge in [0.05, 0.1) is 11.6 Å². The topological polar surface area (TPSA) is 48.1 Å². The molecule has 0 saturated carbocycles. The molecule has 0 spiro atoms. The highest BCUT2D eigenvalue weighted by Gasteiger charge is 2.18. The molecule has 1 aromatic carbocycles. The van der Waals surface area contributed by atoms with Crippen LogP contribution in [0.3, 0.4) is 0 Å². The van der Waals surface area contributed by atoms with Gasteiger partial charge in [0.1, 0.15) is 0 Å². The summed E-state index contributed by atoms with van der Waals surface area (Å²) in [5.74, 6) is 0. The molecule has 0 bridgehead atoms. The zero-order valence-electron chi connectivity index (χ0n) is 11.8. The van der Waals surface area contributed by atoms with Crippen LogP contribution in [0.25, 0.3) is 10.9 Å². The Kier molecular flexibility index (Phi) is 4.28. The largest absolute Gasteiger partial charge is 0.378 e. The quantitative estimate of drug-likeness (QED) is 0.929. The molecule has 3 heteroatoms. The van der Waals surface area contributed by atoms with E-state index in [1.54, 1.807) is 0 Å². The summed E-state index contributed by atoms with van der Waals surface area (Å²) in [6, 6.07) is 10.5. The molecule has 3 rings (SSSR count). The third-order valence-electron chi connectivity index (χ3n) is 4.06. The minimum Gasteiger partial charge on any atom is -0.378 e. The van der Waals surface area contributed by atoms with Gasteiger partial charge in [0.25, 0.3) is 0 Å². The molecule has 2 N–H and O–H groups in total. The van der Waals surface area contributed by atoms with E-state index in [1.165, 1.54) is 23.8 Å². The number of benzene rings is 1. The summed E-state index contributed by atoms with van der Waals surface area (Å²) in [6.07, 6.45) is 7.70. The molecule has 2 heterocycles. The number of hydrogen-bond donors (Lipinski definition) is 1. The minimum atomic E-state index is 0.156. The lowest BCUT2D eigenvalue weighted by atomic mass is 9.96. The average Bonchev–Trinajstić information content (AvgIpc) is 2.48. The fraction of sp³-hybridized carbons (Fsp3) is 0.471. The first-order valence-electron chi connectivity index (χ1n) is 7.53. The summed E-state index contributed by atoms with van der Waals surface area (Å²) in [6.45, 7) is 0.898. The molecule has 2 unspecified atom stereocenters. The van der Waals surface area contributed by atoms with Crippen molar-refractivity contribution in [1.82, 2.24) is 4.98 Å². The van der Waals surface area contributed by atoms with Crippen LogP contribution in [0.2, 0.25) is 0 Å². The number of ether oxygens (including phenoxy) is 1. The third-order valence-corrected chi connectivity index (χ3v) is 4.06. The van der Waals surface area contributed by atoms with E-state index in [-0.39, 0.29) is 6.04 Å². The predicted octanol–water partition coefficient (Wildman–Crippen LogP) is 3.06. The maximum atomic E-state index is 6.33. The van der Waals surface area contributed by atoms with Crippen LogP contribution in [0.5, 0.6) is 0 Å². The second-order valence-electron chi connectivity index (χ2n) is 5.68. The van der Waals surface area contributed by atoms with Gasteiger partial charge < -0.3 is 10.5 Å². The normalized spacial score (nSPS) is 20.9. The number of fused-ring (bicyclic) bond motifs is 1. The summed E-state index contributed by atoms with van der Waals surface area (Å²) >= 11 is 0. The Bertz CT molecular complexity index is 558. The third kappa shape index (κ3) is 3.17. The van der Waals surface area contributed by atoms with Gasteiger partial charge in [-0.05, 0) is 49.8 Å². The number of rotatable bonds is 4. The van der Waals surface area contributed by atoms with Gasteiger partial charge in [0, 0.05) is 24.2 Å². The van der Waals surface area contributed by atoms with E-state index >= 15 is 0 Å². The van der Waals surface area contributed by atoms with Crippen LogP contribution in [-0.2, 0) is 11.2 Å². The van der Waals surface area contributed by atoms with Crippen molar-refractivity contribution >= 4 is 10.9 Å². The summed E-state index contributed by atoms with van der Waals surface area (Å²) in [7, 11) is 0. The van der Waals surface area contributed by atoms with E-state index < -0.39 is 0 Å². The van der Waals surface area contributed by atoms with Gasteiger partial charge in [-0.15, -0.1) is 0 Å². The molecule has 1 saturated heterocycles. The van der Waals surface area contributed by atoms with Crippen LogP contribution in [-0.4, -0.2) is 23.7 Å². The molecule has 2 atom stereocenters. The Balaban J connectivity index is 1.69. The molecular formula is C17H22N2O. The van der Waals surface area contributed by atoms with Gasteiger partial charge in [0.15, 0.2) is 0 Å². The summed E-state index contributed by atoms with van der Waals surface area (Å²) in [5, 5.41) is 1.22. The molecule has 0 aliphatic carbocycles. The number of aromatic nitrogens is 1. The molecule has 1 aliphatic heterocycles. The fourth-order valence-corrected chi connectivity index (χ4v) is 3.03. The smallest absolute Gasteiger partial charge is 0.0704 e. The molecule has 20 heavy (non-hydrogen) atoms. The summed E-state index contributed by atoms with van der Waals surface area (Å²) in [4.78, 5) is 4.40. The van der Waals surface area contributed by atoms with E-state index in [0.717, 1.165) is 31.4 Å². The van der Waals surface area contributed by atoms with Gasteiger partial charge in [-0.3, -0.25) is 4.98 Å². The van der Waals surface area contributed by atoms with Gasteiger partial charge in [-0.1, -0.05) is 18.2 Å². The first kappa shape index (κ1) is 13.5. The molecule has 3 nitrogen and oxygen atoms in total. The van der Waals surface area contributed by atoms with E-state index in [4.69, 9.17) is 10.5 Å². The van der Waals surface area contributed by atoms with Gasteiger partial charge in [0.2, 0.25) is 0 Å². The zero-order chi connectivity index (χ0) is 13.8. The Morgan fingerprint density at radius 2 is 2.15 bits per heavy atom. The molecule has 1 fully saturated rings. The highest BCUT2D eigenvalue weighted by Crippen LogP contribution is 2.21. The van der Waals surface area contributed by atoms with E-state index in [1.807, 2.05) is 12.3 Å². The Morgan fingerprint density at radius 1 is 1.25 bits per heavy atom. The van der Waals surface area contributed by atoms with Crippen LogP contribution in [0.15, 0.2) is 36.5 Å². The average molecular weight is 270 g/mol. The first-order valence-corrected chi connectivity index (χ1v) is 7.53. The van der Waals surface area contributed by atoms with E-state index in [9.17, 15) is 0 Å². The maximum absolute atomic E-state index is 6.33. The Hall–Kier alpha value is -1.45.